The standard InChI is InChI=1S/C8H16N2O3/c1-8(12-5-6-13-8)4-2-3-7(11)10-9/h2-6,9H2,1H3,(H,10,11). The molecule has 1 rings (SSSR count). The lowest BCUT2D eigenvalue weighted by atomic mass is 10.1. The second-order valence-electron chi connectivity index (χ2n) is 3.25. The molecule has 0 radical (unpaired) electrons. The summed E-state index contributed by atoms with van der Waals surface area (Å²) in [5.41, 5.74) is 2.08. The molecule has 0 aliphatic carbocycles. The van der Waals surface area contributed by atoms with Crippen LogP contribution in [0.15, 0.2) is 0 Å². The van der Waals surface area contributed by atoms with Gasteiger partial charge in [-0.25, -0.2) is 5.84 Å². The predicted molar refractivity (Wildman–Crippen MR) is 46.5 cm³/mol. The lowest BCUT2D eigenvalue weighted by Crippen LogP contribution is -2.31. The van der Waals surface area contributed by atoms with E-state index in [0.29, 0.717) is 19.6 Å². The Morgan fingerprint density at radius 3 is 2.69 bits per heavy atom. The maximum absolute atomic E-state index is 10.8. The van der Waals surface area contributed by atoms with Crippen LogP contribution in [0.1, 0.15) is 26.2 Å². The highest BCUT2D eigenvalue weighted by atomic mass is 16.7. The molecule has 76 valence electrons. The first-order valence-corrected chi connectivity index (χ1v) is 4.44. The van der Waals surface area contributed by atoms with E-state index in [2.05, 4.69) is 5.43 Å². The maximum atomic E-state index is 10.8. The van der Waals surface area contributed by atoms with Gasteiger partial charge in [-0.1, -0.05) is 0 Å². The van der Waals surface area contributed by atoms with Gasteiger partial charge in [-0.3, -0.25) is 10.2 Å². The molecule has 5 nitrogen and oxygen atoms in total. The third-order valence-corrected chi connectivity index (χ3v) is 2.09. The molecule has 0 spiro atoms. The Labute approximate surface area is 77.5 Å². The number of hydrogen-bond acceptors (Lipinski definition) is 4. The number of hydrazine groups is 1. The lowest BCUT2D eigenvalue weighted by Gasteiger charge is -2.21. The first kappa shape index (κ1) is 10.4. The van der Waals surface area contributed by atoms with Gasteiger partial charge >= 0.3 is 0 Å². The van der Waals surface area contributed by atoms with Crippen molar-refractivity contribution in [2.24, 2.45) is 5.84 Å². The van der Waals surface area contributed by atoms with Crippen LogP contribution in [-0.4, -0.2) is 24.9 Å². The van der Waals surface area contributed by atoms with E-state index in [9.17, 15) is 4.79 Å². The third kappa shape index (κ3) is 3.30. The number of carbonyl (C=O) groups excluding carboxylic acids is 1. The lowest BCUT2D eigenvalue weighted by molar-refractivity contribution is -0.148. The van der Waals surface area contributed by atoms with Gasteiger partial charge in [0.2, 0.25) is 5.91 Å². The fourth-order valence-electron chi connectivity index (χ4n) is 1.34. The third-order valence-electron chi connectivity index (χ3n) is 2.09. The predicted octanol–water partition coefficient (Wildman–Crippen LogP) is -0.0904. The van der Waals surface area contributed by atoms with E-state index in [1.54, 1.807) is 0 Å². The van der Waals surface area contributed by atoms with Crippen molar-refractivity contribution in [3.8, 4) is 0 Å². The van der Waals surface area contributed by atoms with E-state index in [1.165, 1.54) is 0 Å². The molecule has 0 saturated carbocycles. The molecule has 0 unspecified atom stereocenters. The van der Waals surface area contributed by atoms with E-state index in [0.717, 1.165) is 12.8 Å². The zero-order valence-electron chi connectivity index (χ0n) is 7.84. The molecule has 1 aliphatic heterocycles. The number of rotatable bonds is 4. The molecule has 0 atom stereocenters. The Morgan fingerprint density at radius 1 is 1.54 bits per heavy atom. The molecular weight excluding hydrogens is 172 g/mol. The van der Waals surface area contributed by atoms with Gasteiger partial charge in [0.15, 0.2) is 5.79 Å². The molecule has 0 aromatic carbocycles. The van der Waals surface area contributed by atoms with Crippen LogP contribution in [-0.2, 0) is 14.3 Å². The minimum Gasteiger partial charge on any atom is -0.348 e. The van der Waals surface area contributed by atoms with Gasteiger partial charge in [0.1, 0.15) is 0 Å². The first-order valence-electron chi connectivity index (χ1n) is 4.44. The van der Waals surface area contributed by atoms with Gasteiger partial charge in [0.25, 0.3) is 0 Å². The van der Waals surface area contributed by atoms with Gasteiger partial charge in [-0.15, -0.1) is 0 Å². The Kier molecular flexibility index (Phi) is 3.65. The van der Waals surface area contributed by atoms with Crippen molar-refractivity contribution in [3.05, 3.63) is 0 Å². The minimum absolute atomic E-state index is 0.151. The molecule has 1 heterocycles. The normalized spacial score (nSPS) is 20.2. The van der Waals surface area contributed by atoms with Gasteiger partial charge in [0.05, 0.1) is 13.2 Å². The summed E-state index contributed by atoms with van der Waals surface area (Å²) in [6.45, 7) is 3.17. The molecule has 1 saturated heterocycles. The first-order chi connectivity index (χ1) is 6.16. The summed E-state index contributed by atoms with van der Waals surface area (Å²) in [7, 11) is 0. The van der Waals surface area contributed by atoms with Gasteiger partial charge in [0, 0.05) is 12.8 Å². The smallest absolute Gasteiger partial charge is 0.233 e. The number of nitrogens with two attached hydrogens (primary N) is 1. The second kappa shape index (κ2) is 4.55. The maximum Gasteiger partial charge on any atom is 0.233 e. The van der Waals surface area contributed by atoms with Crippen LogP contribution in [0.25, 0.3) is 0 Å². The van der Waals surface area contributed by atoms with Crippen molar-refractivity contribution in [1.29, 1.82) is 0 Å². The average Bonchev–Trinajstić information content (AvgIpc) is 2.52. The fraction of sp³-hybridized carbons (Fsp3) is 0.875. The van der Waals surface area contributed by atoms with E-state index in [-0.39, 0.29) is 5.91 Å². The van der Waals surface area contributed by atoms with Crippen LogP contribution in [0.4, 0.5) is 0 Å². The molecule has 13 heavy (non-hydrogen) atoms. The van der Waals surface area contributed by atoms with Crippen molar-refractivity contribution in [1.82, 2.24) is 5.43 Å². The molecule has 3 N–H and O–H groups in total. The summed E-state index contributed by atoms with van der Waals surface area (Å²) in [5.74, 6) is 4.29. The van der Waals surface area contributed by atoms with Crippen LogP contribution in [0.3, 0.4) is 0 Å². The van der Waals surface area contributed by atoms with Crippen molar-refractivity contribution in [2.75, 3.05) is 13.2 Å². The number of hydrogen-bond donors (Lipinski definition) is 2. The van der Waals surface area contributed by atoms with Gasteiger partial charge in [-0.2, -0.15) is 0 Å². The highest BCUT2D eigenvalue weighted by Gasteiger charge is 2.30. The van der Waals surface area contributed by atoms with Crippen molar-refractivity contribution in [2.45, 2.75) is 32.0 Å². The number of ether oxygens (including phenoxy) is 2. The topological polar surface area (TPSA) is 73.6 Å². The number of carbonyl (C=O) groups is 1. The molecule has 1 aliphatic rings. The highest BCUT2D eigenvalue weighted by molar-refractivity contribution is 5.75. The van der Waals surface area contributed by atoms with E-state index < -0.39 is 5.79 Å². The zero-order valence-corrected chi connectivity index (χ0v) is 7.84. The monoisotopic (exact) mass is 188 g/mol. The van der Waals surface area contributed by atoms with Gasteiger partial charge in [-0.05, 0) is 13.3 Å². The molecule has 1 fully saturated rings. The molecule has 0 aromatic heterocycles. The van der Waals surface area contributed by atoms with Crippen LogP contribution in [0.2, 0.25) is 0 Å². The van der Waals surface area contributed by atoms with Crippen molar-refractivity contribution < 1.29 is 14.3 Å². The summed E-state index contributed by atoms with van der Waals surface area (Å²) in [5, 5.41) is 0. The minimum atomic E-state index is -0.491. The fourth-order valence-corrected chi connectivity index (χ4v) is 1.34. The Bertz CT molecular complexity index is 178. The van der Waals surface area contributed by atoms with Gasteiger partial charge < -0.3 is 9.47 Å². The molecular formula is C8H16N2O3. The summed E-state index contributed by atoms with van der Waals surface area (Å²) in [6.07, 6.45) is 1.86. The second-order valence-corrected chi connectivity index (χ2v) is 3.25. The molecule has 0 aromatic rings. The molecule has 1 amide bonds. The summed E-state index contributed by atoms with van der Waals surface area (Å²) < 4.78 is 10.7. The van der Waals surface area contributed by atoms with Crippen molar-refractivity contribution >= 4 is 5.91 Å². The largest absolute Gasteiger partial charge is 0.348 e. The molecule has 0 bridgehead atoms. The van der Waals surface area contributed by atoms with Crippen LogP contribution >= 0.6 is 0 Å². The average molecular weight is 188 g/mol. The van der Waals surface area contributed by atoms with Crippen molar-refractivity contribution in [3.63, 3.8) is 0 Å². The van der Waals surface area contributed by atoms with E-state index >= 15 is 0 Å². The van der Waals surface area contributed by atoms with E-state index in [1.807, 2.05) is 6.92 Å². The Hall–Kier alpha value is -0.650. The summed E-state index contributed by atoms with van der Waals surface area (Å²) in [6, 6.07) is 0. The Morgan fingerprint density at radius 2 is 2.15 bits per heavy atom. The summed E-state index contributed by atoms with van der Waals surface area (Å²) >= 11 is 0. The van der Waals surface area contributed by atoms with Crippen LogP contribution in [0, 0.1) is 0 Å². The Balaban J connectivity index is 2.14. The van der Waals surface area contributed by atoms with Crippen LogP contribution in [0.5, 0.6) is 0 Å². The van der Waals surface area contributed by atoms with E-state index in [4.69, 9.17) is 15.3 Å². The summed E-state index contributed by atoms with van der Waals surface area (Å²) in [4.78, 5) is 10.8. The SMILES string of the molecule is CC1(CCCC(=O)NN)OCCO1. The number of amides is 1. The van der Waals surface area contributed by atoms with Crippen LogP contribution < -0.4 is 11.3 Å². The number of nitrogens with one attached hydrogen (secondary N) is 1. The quantitative estimate of drug-likeness (QED) is 0.367. The molecule has 5 heteroatoms. The zero-order chi connectivity index (χ0) is 9.73. The highest BCUT2D eigenvalue weighted by Crippen LogP contribution is 2.24.